The minimum atomic E-state index is 0.191. The number of rotatable bonds is 4. The van der Waals surface area contributed by atoms with Crippen molar-refractivity contribution in [3.05, 3.63) is 21.9 Å². The molecule has 2 heterocycles. The van der Waals surface area contributed by atoms with Gasteiger partial charge in [0.2, 0.25) is 5.13 Å². The molecule has 2 aromatic rings. The van der Waals surface area contributed by atoms with Crippen LogP contribution in [0.5, 0.6) is 0 Å². The highest BCUT2D eigenvalue weighted by atomic mass is 32.1. The second kappa shape index (κ2) is 4.88. The Kier molecular flexibility index (Phi) is 3.50. The van der Waals surface area contributed by atoms with Crippen LogP contribution in [0.3, 0.4) is 0 Å². The van der Waals surface area contributed by atoms with Gasteiger partial charge >= 0.3 is 0 Å². The topological polar surface area (TPSA) is 50.7 Å². The Bertz CT molecular complexity index is 463. The summed E-state index contributed by atoms with van der Waals surface area (Å²) in [6, 6.07) is 0.191. The van der Waals surface area contributed by atoms with Crippen LogP contribution < -0.4 is 5.32 Å². The molecule has 0 aliphatic rings. The second-order valence-corrected chi connectivity index (χ2v) is 5.56. The molecule has 0 spiro atoms. The molecule has 1 N–H and O–H groups in total. The second-order valence-electron chi connectivity index (χ2n) is 3.54. The Balaban J connectivity index is 2.04. The molecule has 0 radical (unpaired) electrons. The van der Waals surface area contributed by atoms with Crippen LogP contribution in [0.1, 0.15) is 35.6 Å². The lowest BCUT2D eigenvalue weighted by Crippen LogP contribution is -2.05. The zero-order valence-electron chi connectivity index (χ0n) is 9.52. The molecular formula is C10H14N4S2. The van der Waals surface area contributed by atoms with Gasteiger partial charge in [0.25, 0.3) is 0 Å². The molecule has 0 amide bonds. The molecule has 1 atom stereocenters. The van der Waals surface area contributed by atoms with Crippen molar-refractivity contribution < 1.29 is 0 Å². The third kappa shape index (κ3) is 2.56. The van der Waals surface area contributed by atoms with Gasteiger partial charge < -0.3 is 5.32 Å². The van der Waals surface area contributed by atoms with Gasteiger partial charge in [-0.05, 0) is 13.8 Å². The largest absolute Gasteiger partial charge is 0.351 e. The molecule has 86 valence electrons. The summed E-state index contributed by atoms with van der Waals surface area (Å²) in [6.45, 7) is 6.21. The number of nitrogens with one attached hydrogen (secondary N) is 1. The smallest absolute Gasteiger partial charge is 0.203 e. The molecule has 0 fully saturated rings. The number of hydrogen-bond donors (Lipinski definition) is 1. The Morgan fingerprint density at radius 2 is 2.31 bits per heavy atom. The Morgan fingerprint density at radius 3 is 2.88 bits per heavy atom. The summed E-state index contributed by atoms with van der Waals surface area (Å²) in [5.41, 5.74) is 0. The van der Waals surface area contributed by atoms with Crippen LogP contribution in [0.25, 0.3) is 0 Å². The molecule has 0 aromatic carbocycles. The first-order valence-electron chi connectivity index (χ1n) is 5.20. The van der Waals surface area contributed by atoms with E-state index in [4.69, 9.17) is 0 Å². The Labute approximate surface area is 103 Å². The zero-order valence-corrected chi connectivity index (χ0v) is 11.2. The number of hydrogen-bond acceptors (Lipinski definition) is 6. The predicted molar refractivity (Wildman–Crippen MR) is 68.2 cm³/mol. The van der Waals surface area contributed by atoms with E-state index in [-0.39, 0.29) is 6.04 Å². The molecule has 0 saturated heterocycles. The van der Waals surface area contributed by atoms with E-state index in [1.165, 1.54) is 16.4 Å². The van der Waals surface area contributed by atoms with E-state index < -0.39 is 0 Å². The lowest BCUT2D eigenvalue weighted by Gasteiger charge is -2.08. The number of anilines is 1. The molecule has 6 heteroatoms. The first kappa shape index (κ1) is 11.5. The standard InChI is InChI=1S/C10H14N4S2/c1-4-8-13-10(16-14-8)12-7(3)9-11-5-6(2)15-9/h5,7H,4H2,1-3H3,(H,12,13,14). The van der Waals surface area contributed by atoms with Crippen molar-refractivity contribution in [1.29, 1.82) is 0 Å². The molecule has 0 saturated carbocycles. The van der Waals surface area contributed by atoms with Crippen molar-refractivity contribution in [1.82, 2.24) is 14.3 Å². The molecule has 16 heavy (non-hydrogen) atoms. The van der Waals surface area contributed by atoms with Crippen LogP contribution in [0.4, 0.5) is 5.13 Å². The molecular weight excluding hydrogens is 240 g/mol. The van der Waals surface area contributed by atoms with Gasteiger partial charge in [-0.25, -0.2) is 9.97 Å². The monoisotopic (exact) mass is 254 g/mol. The average molecular weight is 254 g/mol. The van der Waals surface area contributed by atoms with Crippen molar-refractivity contribution in [2.45, 2.75) is 33.2 Å². The quantitative estimate of drug-likeness (QED) is 0.911. The first-order chi connectivity index (χ1) is 7.69. The van der Waals surface area contributed by atoms with Gasteiger partial charge in [0, 0.05) is 29.0 Å². The van der Waals surface area contributed by atoms with Gasteiger partial charge in [-0.2, -0.15) is 4.37 Å². The number of nitrogens with zero attached hydrogens (tertiary/aromatic N) is 3. The van der Waals surface area contributed by atoms with Crippen molar-refractivity contribution >= 4 is 28.0 Å². The van der Waals surface area contributed by atoms with E-state index in [1.807, 2.05) is 6.20 Å². The number of aryl methyl sites for hydroxylation is 2. The summed E-state index contributed by atoms with van der Waals surface area (Å²) in [5.74, 6) is 0.898. The maximum Gasteiger partial charge on any atom is 0.203 e. The highest BCUT2D eigenvalue weighted by Gasteiger charge is 2.11. The maximum atomic E-state index is 4.37. The molecule has 2 rings (SSSR count). The lowest BCUT2D eigenvalue weighted by molar-refractivity contribution is 0.862. The van der Waals surface area contributed by atoms with Gasteiger partial charge in [-0.3, -0.25) is 0 Å². The molecule has 0 aliphatic carbocycles. The van der Waals surface area contributed by atoms with Crippen molar-refractivity contribution in [3.63, 3.8) is 0 Å². The summed E-state index contributed by atoms with van der Waals surface area (Å²) >= 11 is 3.12. The maximum absolute atomic E-state index is 4.37. The fraction of sp³-hybridized carbons (Fsp3) is 0.500. The predicted octanol–water partition coefficient (Wildman–Crippen LogP) is 3.04. The zero-order chi connectivity index (χ0) is 11.5. The Hall–Kier alpha value is -1.01. The van der Waals surface area contributed by atoms with E-state index in [2.05, 4.69) is 40.4 Å². The van der Waals surface area contributed by atoms with Crippen LogP contribution in [0.15, 0.2) is 6.20 Å². The molecule has 1 unspecified atom stereocenters. The van der Waals surface area contributed by atoms with Crippen molar-refractivity contribution in [2.75, 3.05) is 5.32 Å². The minimum absolute atomic E-state index is 0.191. The summed E-state index contributed by atoms with van der Waals surface area (Å²) < 4.78 is 4.24. The molecule has 2 aromatic heterocycles. The minimum Gasteiger partial charge on any atom is -0.351 e. The van der Waals surface area contributed by atoms with Crippen molar-refractivity contribution in [3.8, 4) is 0 Å². The fourth-order valence-electron chi connectivity index (χ4n) is 1.28. The average Bonchev–Trinajstić information content (AvgIpc) is 2.87. The summed E-state index contributed by atoms with van der Waals surface area (Å²) in [6.07, 6.45) is 2.78. The van der Waals surface area contributed by atoms with Crippen LogP contribution in [0, 0.1) is 6.92 Å². The van der Waals surface area contributed by atoms with Gasteiger partial charge in [0.05, 0.1) is 6.04 Å². The van der Waals surface area contributed by atoms with Crippen LogP contribution in [0.2, 0.25) is 0 Å². The summed E-state index contributed by atoms with van der Waals surface area (Å²) in [5, 5.41) is 5.28. The Morgan fingerprint density at radius 1 is 1.50 bits per heavy atom. The van der Waals surface area contributed by atoms with Crippen LogP contribution >= 0.6 is 22.9 Å². The highest BCUT2D eigenvalue weighted by Crippen LogP contribution is 2.23. The SMILES string of the molecule is CCc1nsc(NC(C)c2ncc(C)s2)n1. The molecule has 4 nitrogen and oxygen atoms in total. The van der Waals surface area contributed by atoms with E-state index >= 15 is 0 Å². The van der Waals surface area contributed by atoms with E-state index in [0.717, 1.165) is 22.4 Å². The van der Waals surface area contributed by atoms with Crippen LogP contribution in [-0.4, -0.2) is 14.3 Å². The van der Waals surface area contributed by atoms with Crippen molar-refractivity contribution in [2.24, 2.45) is 0 Å². The molecule has 0 bridgehead atoms. The van der Waals surface area contributed by atoms with E-state index in [9.17, 15) is 0 Å². The lowest BCUT2D eigenvalue weighted by atomic mass is 10.4. The van der Waals surface area contributed by atoms with Crippen LogP contribution in [-0.2, 0) is 6.42 Å². The normalized spacial score (nSPS) is 12.7. The third-order valence-electron chi connectivity index (χ3n) is 2.13. The molecule has 0 aliphatic heterocycles. The van der Waals surface area contributed by atoms with Gasteiger partial charge in [-0.15, -0.1) is 11.3 Å². The first-order valence-corrected chi connectivity index (χ1v) is 6.79. The van der Waals surface area contributed by atoms with E-state index in [1.54, 1.807) is 11.3 Å². The van der Waals surface area contributed by atoms with Gasteiger partial charge in [-0.1, -0.05) is 6.92 Å². The third-order valence-corrected chi connectivity index (χ3v) is 3.91. The number of thiazole rings is 1. The number of aromatic nitrogens is 3. The highest BCUT2D eigenvalue weighted by molar-refractivity contribution is 7.11. The van der Waals surface area contributed by atoms with E-state index in [0.29, 0.717) is 0 Å². The summed E-state index contributed by atoms with van der Waals surface area (Å²) in [7, 11) is 0. The summed E-state index contributed by atoms with van der Waals surface area (Å²) in [4.78, 5) is 9.96. The van der Waals surface area contributed by atoms with Gasteiger partial charge in [0.1, 0.15) is 10.8 Å². The fourth-order valence-corrected chi connectivity index (χ4v) is 2.79. The van der Waals surface area contributed by atoms with Gasteiger partial charge in [0.15, 0.2) is 0 Å².